The monoisotopic (exact) mass is 287 g/mol. The lowest BCUT2D eigenvalue weighted by atomic mass is 10.2. The van der Waals surface area contributed by atoms with Crippen molar-refractivity contribution >= 4 is 18.0 Å². The van der Waals surface area contributed by atoms with Gasteiger partial charge in [0.25, 0.3) is 0 Å². The van der Waals surface area contributed by atoms with Crippen LogP contribution in [0.1, 0.15) is 40.5 Å². The van der Waals surface area contributed by atoms with Crippen LogP contribution in [0, 0.1) is 0 Å². The fourth-order valence-electron chi connectivity index (χ4n) is 1.62. The third kappa shape index (κ3) is 3.61. The number of carbonyl (C=O) groups is 3. The summed E-state index contributed by atoms with van der Waals surface area (Å²) in [6.45, 7) is 6.44. The lowest BCUT2D eigenvalue weighted by Crippen LogP contribution is -2.48. The minimum Gasteiger partial charge on any atom is -0.479 e. The van der Waals surface area contributed by atoms with Crippen LogP contribution in [0.3, 0.4) is 0 Å². The molecule has 0 aromatic carbocycles. The standard InChI is InChI=1S/C13H21NO6/c1-8(9(15)16)19-10(17)13(6-7-13)14(5)11(18)20-12(2,3)4/h8H,6-7H2,1-5H3,(H,15,16)/t8-/m1/s1. The van der Waals surface area contributed by atoms with Crippen LogP contribution >= 0.6 is 0 Å². The summed E-state index contributed by atoms with van der Waals surface area (Å²) >= 11 is 0. The van der Waals surface area contributed by atoms with Gasteiger partial charge in [-0.2, -0.15) is 0 Å². The van der Waals surface area contributed by atoms with Crippen molar-refractivity contribution in [1.29, 1.82) is 0 Å². The largest absolute Gasteiger partial charge is 0.479 e. The molecule has 0 saturated heterocycles. The number of hydrogen-bond acceptors (Lipinski definition) is 5. The van der Waals surface area contributed by atoms with Crippen LogP contribution in [0.15, 0.2) is 0 Å². The molecule has 1 saturated carbocycles. The van der Waals surface area contributed by atoms with Crippen molar-refractivity contribution in [2.24, 2.45) is 0 Å². The average Bonchev–Trinajstić information content (AvgIpc) is 3.06. The quantitative estimate of drug-likeness (QED) is 0.786. The van der Waals surface area contributed by atoms with E-state index >= 15 is 0 Å². The summed E-state index contributed by atoms with van der Waals surface area (Å²) in [5.74, 6) is -1.94. The fraction of sp³-hybridized carbons (Fsp3) is 0.769. The Bertz CT molecular complexity index is 421. The second kappa shape index (κ2) is 5.30. The number of hydrogen-bond donors (Lipinski definition) is 1. The van der Waals surface area contributed by atoms with Crippen LogP contribution in [-0.4, -0.2) is 52.3 Å². The number of rotatable bonds is 4. The van der Waals surface area contributed by atoms with Gasteiger partial charge in [0.2, 0.25) is 0 Å². The van der Waals surface area contributed by atoms with Crippen molar-refractivity contribution < 1.29 is 29.0 Å². The summed E-state index contributed by atoms with van der Waals surface area (Å²) in [5.41, 5.74) is -1.76. The molecule has 1 aliphatic rings. The average molecular weight is 287 g/mol. The molecule has 114 valence electrons. The fourth-order valence-corrected chi connectivity index (χ4v) is 1.62. The molecule has 1 fully saturated rings. The van der Waals surface area contributed by atoms with Crippen LogP contribution in [0.5, 0.6) is 0 Å². The molecule has 7 nitrogen and oxygen atoms in total. The number of carbonyl (C=O) groups excluding carboxylic acids is 2. The van der Waals surface area contributed by atoms with E-state index in [1.54, 1.807) is 20.8 Å². The first kappa shape index (κ1) is 16.3. The highest BCUT2D eigenvalue weighted by atomic mass is 16.6. The Balaban J connectivity index is 2.71. The zero-order valence-electron chi connectivity index (χ0n) is 12.4. The molecule has 1 amide bonds. The van der Waals surface area contributed by atoms with Gasteiger partial charge in [-0.1, -0.05) is 0 Å². The number of carboxylic acid groups (broad SMARTS) is 1. The smallest absolute Gasteiger partial charge is 0.410 e. The Morgan fingerprint density at radius 2 is 1.75 bits per heavy atom. The highest BCUT2D eigenvalue weighted by molar-refractivity contribution is 5.90. The normalized spacial score (nSPS) is 17.9. The minimum absolute atomic E-state index is 0.438. The Hall–Kier alpha value is -1.79. The van der Waals surface area contributed by atoms with Gasteiger partial charge in [-0.15, -0.1) is 0 Å². The lowest BCUT2D eigenvalue weighted by Gasteiger charge is -2.29. The van der Waals surface area contributed by atoms with Crippen LogP contribution in [0.2, 0.25) is 0 Å². The number of carboxylic acids is 1. The van der Waals surface area contributed by atoms with Crippen LogP contribution in [0.4, 0.5) is 4.79 Å². The molecule has 0 radical (unpaired) electrons. The van der Waals surface area contributed by atoms with Gasteiger partial charge in [0.1, 0.15) is 11.1 Å². The van der Waals surface area contributed by atoms with Crippen molar-refractivity contribution in [3.63, 3.8) is 0 Å². The molecule has 1 aliphatic carbocycles. The molecule has 0 aromatic heterocycles. The van der Waals surface area contributed by atoms with Crippen LogP contribution in [0.25, 0.3) is 0 Å². The van der Waals surface area contributed by atoms with Crippen molar-refractivity contribution in [3.8, 4) is 0 Å². The summed E-state index contributed by atoms with van der Waals surface area (Å²) in [6.07, 6.45) is -0.996. The van der Waals surface area contributed by atoms with Gasteiger partial charge in [0.15, 0.2) is 6.10 Å². The van der Waals surface area contributed by atoms with Crippen molar-refractivity contribution in [3.05, 3.63) is 0 Å². The molecule has 1 N–H and O–H groups in total. The highest BCUT2D eigenvalue weighted by Crippen LogP contribution is 2.43. The second-order valence-electron chi connectivity index (χ2n) is 5.96. The predicted octanol–water partition coefficient (Wildman–Crippen LogP) is 1.40. The van der Waals surface area contributed by atoms with Crippen LogP contribution < -0.4 is 0 Å². The number of nitrogens with zero attached hydrogens (tertiary/aromatic N) is 1. The Morgan fingerprint density at radius 1 is 1.25 bits per heavy atom. The molecule has 20 heavy (non-hydrogen) atoms. The van der Waals surface area contributed by atoms with Gasteiger partial charge < -0.3 is 14.6 Å². The molecule has 1 rings (SSSR count). The molecular formula is C13H21NO6. The van der Waals surface area contributed by atoms with Gasteiger partial charge in [-0.05, 0) is 40.5 Å². The van der Waals surface area contributed by atoms with Crippen molar-refractivity contribution in [1.82, 2.24) is 4.90 Å². The lowest BCUT2D eigenvalue weighted by molar-refractivity contribution is -0.167. The van der Waals surface area contributed by atoms with E-state index in [9.17, 15) is 14.4 Å². The maximum absolute atomic E-state index is 12.0. The third-order valence-electron chi connectivity index (χ3n) is 3.04. The van der Waals surface area contributed by atoms with E-state index in [-0.39, 0.29) is 0 Å². The maximum Gasteiger partial charge on any atom is 0.410 e. The summed E-state index contributed by atoms with van der Waals surface area (Å²) in [4.78, 5) is 35.8. The van der Waals surface area contributed by atoms with E-state index in [2.05, 4.69) is 0 Å². The van der Waals surface area contributed by atoms with E-state index in [0.717, 1.165) is 0 Å². The topological polar surface area (TPSA) is 93.1 Å². The maximum atomic E-state index is 12.0. The zero-order valence-corrected chi connectivity index (χ0v) is 12.4. The summed E-state index contributed by atoms with van der Waals surface area (Å²) in [6, 6.07) is 0. The molecule has 7 heteroatoms. The van der Waals surface area contributed by atoms with Gasteiger partial charge >= 0.3 is 18.0 Å². The summed E-state index contributed by atoms with van der Waals surface area (Å²) < 4.78 is 10.0. The van der Waals surface area contributed by atoms with Gasteiger partial charge in [0.05, 0.1) is 0 Å². The van der Waals surface area contributed by atoms with Crippen molar-refractivity contribution in [2.75, 3.05) is 7.05 Å². The number of ether oxygens (including phenoxy) is 2. The highest BCUT2D eigenvalue weighted by Gasteiger charge is 2.58. The molecule has 0 aromatic rings. The van der Waals surface area contributed by atoms with E-state index in [0.29, 0.717) is 12.8 Å². The predicted molar refractivity (Wildman–Crippen MR) is 69.2 cm³/mol. The van der Waals surface area contributed by atoms with Gasteiger partial charge in [0, 0.05) is 7.05 Å². The summed E-state index contributed by atoms with van der Waals surface area (Å²) in [7, 11) is 1.45. The third-order valence-corrected chi connectivity index (χ3v) is 3.04. The minimum atomic E-state index is -1.24. The SMILES string of the molecule is C[C@@H](OC(=O)C1(N(C)C(=O)OC(C)(C)C)CC1)C(=O)O. The second-order valence-corrected chi connectivity index (χ2v) is 5.96. The van der Waals surface area contributed by atoms with E-state index in [1.807, 2.05) is 0 Å². The van der Waals surface area contributed by atoms with E-state index < -0.39 is 35.3 Å². The summed E-state index contributed by atoms with van der Waals surface area (Å²) in [5, 5.41) is 8.74. The number of amides is 1. The van der Waals surface area contributed by atoms with E-state index in [4.69, 9.17) is 14.6 Å². The first-order valence-corrected chi connectivity index (χ1v) is 6.40. The Kier molecular flexibility index (Phi) is 4.31. The molecule has 0 unspecified atom stereocenters. The molecular weight excluding hydrogens is 266 g/mol. The van der Waals surface area contributed by atoms with Gasteiger partial charge in [-0.3, -0.25) is 4.90 Å². The molecule has 0 spiro atoms. The van der Waals surface area contributed by atoms with E-state index in [1.165, 1.54) is 18.9 Å². The number of esters is 1. The molecule has 0 heterocycles. The Labute approximate surface area is 117 Å². The zero-order chi connectivity index (χ0) is 15.7. The van der Waals surface area contributed by atoms with Crippen LogP contribution in [-0.2, 0) is 19.1 Å². The molecule has 0 aliphatic heterocycles. The molecule has 1 atom stereocenters. The number of likely N-dealkylation sites (N-methyl/N-ethyl adjacent to an activating group) is 1. The first-order chi connectivity index (χ1) is 8.99. The van der Waals surface area contributed by atoms with Crippen molar-refractivity contribution in [2.45, 2.75) is 57.8 Å². The van der Waals surface area contributed by atoms with Gasteiger partial charge in [-0.25, -0.2) is 14.4 Å². The number of aliphatic carboxylic acids is 1. The first-order valence-electron chi connectivity index (χ1n) is 6.40. The Morgan fingerprint density at radius 3 is 2.10 bits per heavy atom. The molecule has 0 bridgehead atoms.